The van der Waals surface area contributed by atoms with Crippen LogP contribution in [-0.4, -0.2) is 30.3 Å². The van der Waals surface area contributed by atoms with Gasteiger partial charge in [-0.15, -0.1) is 0 Å². The Morgan fingerprint density at radius 1 is 0.971 bits per heavy atom. The van der Waals surface area contributed by atoms with Crippen LogP contribution in [0.4, 0.5) is 0 Å². The molecule has 4 nitrogen and oxygen atoms in total. The second-order valence-corrected chi connectivity index (χ2v) is 11.3. The molecule has 2 aromatic rings. The van der Waals surface area contributed by atoms with Crippen LogP contribution in [0.2, 0.25) is 0 Å². The van der Waals surface area contributed by atoms with E-state index in [-0.39, 0.29) is 12.5 Å². The first-order valence-electron chi connectivity index (χ1n) is 13.3. The van der Waals surface area contributed by atoms with Gasteiger partial charge < -0.3 is 15.2 Å². The Hall–Kier alpha value is -2.33. The molecular formula is C30H39NO3. The number of hydrogen-bond donors (Lipinski definition) is 2. The van der Waals surface area contributed by atoms with E-state index in [2.05, 4.69) is 17.4 Å². The predicted octanol–water partition coefficient (Wildman–Crippen LogP) is 5.79. The van der Waals surface area contributed by atoms with Crippen LogP contribution < -0.4 is 10.1 Å². The minimum Gasteiger partial charge on any atom is -0.490 e. The zero-order valence-electron chi connectivity index (χ0n) is 20.3. The summed E-state index contributed by atoms with van der Waals surface area (Å²) in [7, 11) is 0. The van der Waals surface area contributed by atoms with Crippen LogP contribution in [0.1, 0.15) is 73.7 Å². The summed E-state index contributed by atoms with van der Waals surface area (Å²) in [5, 5.41) is 13.6. The van der Waals surface area contributed by atoms with Crippen LogP contribution in [0.5, 0.6) is 5.75 Å². The maximum absolute atomic E-state index is 12.7. The third-order valence-electron chi connectivity index (χ3n) is 8.51. The van der Waals surface area contributed by atoms with Gasteiger partial charge >= 0.3 is 0 Å². The van der Waals surface area contributed by atoms with Crippen molar-refractivity contribution in [3.63, 3.8) is 0 Å². The van der Waals surface area contributed by atoms with Gasteiger partial charge in [0, 0.05) is 6.54 Å². The largest absolute Gasteiger partial charge is 0.490 e. The lowest BCUT2D eigenvalue weighted by atomic mass is 9.48. The standard InChI is InChI=1S/C30H39NO3/c32-26(9-6-13-30-18-23-15-24(19-30)17-25(16-23)20-30)21-34-28-11-5-4-10-27(28)29(33)31-14-12-22-7-2-1-3-8-22/h1-5,7-8,10-11,23-26,32H,6,9,12-21H2,(H,31,33). The summed E-state index contributed by atoms with van der Waals surface area (Å²) in [6.07, 6.45) is 12.1. The molecule has 4 aliphatic carbocycles. The van der Waals surface area contributed by atoms with Crippen molar-refractivity contribution >= 4 is 5.91 Å². The number of nitrogens with one attached hydrogen (secondary N) is 1. The Morgan fingerprint density at radius 2 is 1.62 bits per heavy atom. The number of hydrogen-bond acceptors (Lipinski definition) is 3. The lowest BCUT2D eigenvalue weighted by molar-refractivity contribution is -0.0597. The van der Waals surface area contributed by atoms with Gasteiger partial charge in [-0.2, -0.15) is 0 Å². The Bertz CT molecular complexity index is 921. The molecule has 0 aromatic heterocycles. The Morgan fingerprint density at radius 3 is 2.32 bits per heavy atom. The van der Waals surface area contributed by atoms with E-state index in [4.69, 9.17) is 4.74 Å². The van der Waals surface area contributed by atoms with Crippen molar-refractivity contribution in [2.75, 3.05) is 13.2 Å². The van der Waals surface area contributed by atoms with Crippen molar-refractivity contribution < 1.29 is 14.6 Å². The monoisotopic (exact) mass is 461 g/mol. The molecule has 4 aliphatic rings. The highest BCUT2D eigenvalue weighted by Crippen LogP contribution is 2.61. The Balaban J connectivity index is 1.06. The summed E-state index contributed by atoms with van der Waals surface area (Å²) in [4.78, 5) is 12.7. The molecule has 1 unspecified atom stereocenters. The molecule has 4 bridgehead atoms. The molecule has 0 radical (unpaired) electrons. The zero-order chi connectivity index (χ0) is 23.4. The first-order chi connectivity index (χ1) is 16.6. The zero-order valence-corrected chi connectivity index (χ0v) is 20.3. The van der Waals surface area contributed by atoms with E-state index >= 15 is 0 Å². The highest BCUT2D eigenvalue weighted by molar-refractivity contribution is 5.96. The molecule has 2 N–H and O–H groups in total. The Labute approximate surface area is 204 Å². The molecule has 182 valence electrons. The molecule has 0 saturated heterocycles. The topological polar surface area (TPSA) is 58.6 Å². The molecule has 4 heteroatoms. The maximum Gasteiger partial charge on any atom is 0.255 e. The quantitative estimate of drug-likeness (QED) is 0.446. The van der Waals surface area contributed by atoms with Crippen LogP contribution in [0.25, 0.3) is 0 Å². The normalized spacial score (nSPS) is 28.0. The molecule has 2 aromatic carbocycles. The molecule has 6 rings (SSSR count). The van der Waals surface area contributed by atoms with E-state index in [1.54, 1.807) is 6.07 Å². The van der Waals surface area contributed by atoms with Crippen molar-refractivity contribution in [3.8, 4) is 5.75 Å². The van der Waals surface area contributed by atoms with Gasteiger partial charge in [0.25, 0.3) is 5.91 Å². The molecule has 1 amide bonds. The van der Waals surface area contributed by atoms with Gasteiger partial charge in [-0.25, -0.2) is 0 Å². The fourth-order valence-electron chi connectivity index (χ4n) is 7.42. The molecule has 0 spiro atoms. The number of aliphatic hydroxyl groups excluding tert-OH is 1. The summed E-state index contributed by atoms with van der Waals surface area (Å²) in [5.41, 5.74) is 2.29. The number of carbonyl (C=O) groups is 1. The maximum atomic E-state index is 12.7. The van der Waals surface area contributed by atoms with Crippen LogP contribution in [0, 0.1) is 23.2 Å². The number of rotatable bonds is 11. The second-order valence-electron chi connectivity index (χ2n) is 11.3. The molecule has 1 atom stereocenters. The lowest BCUT2D eigenvalue weighted by Gasteiger charge is -2.57. The van der Waals surface area contributed by atoms with Gasteiger partial charge in [0.2, 0.25) is 0 Å². The lowest BCUT2D eigenvalue weighted by Crippen LogP contribution is -2.46. The minimum atomic E-state index is -0.497. The average molecular weight is 462 g/mol. The number of aliphatic hydroxyl groups is 1. The number of ether oxygens (including phenoxy) is 1. The number of benzene rings is 2. The van der Waals surface area contributed by atoms with Gasteiger partial charge in [-0.1, -0.05) is 48.9 Å². The van der Waals surface area contributed by atoms with E-state index in [0.29, 0.717) is 23.3 Å². The SMILES string of the molecule is O=C(NCCc1ccccc1)c1ccccc1OCC(O)CCCC12CC3CC(CC(C3)C1)C2. The average Bonchev–Trinajstić information content (AvgIpc) is 2.82. The van der Waals surface area contributed by atoms with Gasteiger partial charge in [0.05, 0.1) is 11.7 Å². The fraction of sp³-hybridized carbons (Fsp3) is 0.567. The number of para-hydroxylation sites is 1. The van der Waals surface area contributed by atoms with Crippen molar-refractivity contribution in [2.45, 2.75) is 70.3 Å². The third-order valence-corrected chi connectivity index (χ3v) is 8.51. The van der Waals surface area contributed by atoms with E-state index < -0.39 is 6.10 Å². The molecule has 4 saturated carbocycles. The van der Waals surface area contributed by atoms with Crippen molar-refractivity contribution in [3.05, 3.63) is 65.7 Å². The molecule has 0 heterocycles. The molecule has 4 fully saturated rings. The first kappa shape index (κ1) is 23.4. The highest BCUT2D eigenvalue weighted by atomic mass is 16.5. The summed E-state index contributed by atoms with van der Waals surface area (Å²) < 4.78 is 5.92. The van der Waals surface area contributed by atoms with Gasteiger partial charge in [0.15, 0.2) is 0 Å². The molecular weight excluding hydrogens is 422 g/mol. The highest BCUT2D eigenvalue weighted by Gasteiger charge is 2.50. The third kappa shape index (κ3) is 5.66. The van der Waals surface area contributed by atoms with Crippen LogP contribution in [0.3, 0.4) is 0 Å². The van der Waals surface area contributed by atoms with Crippen molar-refractivity contribution in [2.24, 2.45) is 23.2 Å². The van der Waals surface area contributed by atoms with E-state index in [9.17, 15) is 9.90 Å². The van der Waals surface area contributed by atoms with Crippen molar-refractivity contribution in [1.29, 1.82) is 0 Å². The summed E-state index contributed by atoms with van der Waals surface area (Å²) in [6.45, 7) is 0.805. The van der Waals surface area contributed by atoms with Crippen LogP contribution >= 0.6 is 0 Å². The minimum absolute atomic E-state index is 0.136. The van der Waals surface area contributed by atoms with E-state index in [0.717, 1.165) is 37.0 Å². The fourth-order valence-corrected chi connectivity index (χ4v) is 7.42. The molecule has 34 heavy (non-hydrogen) atoms. The van der Waals surface area contributed by atoms with Crippen LogP contribution in [0.15, 0.2) is 54.6 Å². The smallest absolute Gasteiger partial charge is 0.255 e. The first-order valence-corrected chi connectivity index (χ1v) is 13.3. The van der Waals surface area contributed by atoms with Gasteiger partial charge in [-0.05, 0) is 98.7 Å². The number of amides is 1. The molecule has 0 aliphatic heterocycles. The second kappa shape index (κ2) is 10.5. The summed E-state index contributed by atoms with van der Waals surface area (Å²) in [6, 6.07) is 17.5. The van der Waals surface area contributed by atoms with Crippen LogP contribution in [-0.2, 0) is 6.42 Å². The van der Waals surface area contributed by atoms with Gasteiger partial charge in [-0.3, -0.25) is 4.79 Å². The van der Waals surface area contributed by atoms with E-state index in [1.807, 2.05) is 36.4 Å². The Kier molecular flexibility index (Phi) is 7.24. The van der Waals surface area contributed by atoms with Crippen molar-refractivity contribution in [1.82, 2.24) is 5.32 Å². The van der Waals surface area contributed by atoms with E-state index in [1.165, 1.54) is 50.5 Å². The van der Waals surface area contributed by atoms with Gasteiger partial charge in [0.1, 0.15) is 12.4 Å². The summed E-state index contributed by atoms with van der Waals surface area (Å²) in [5.74, 6) is 3.35. The predicted molar refractivity (Wildman–Crippen MR) is 135 cm³/mol. The summed E-state index contributed by atoms with van der Waals surface area (Å²) >= 11 is 0. The number of carbonyl (C=O) groups excluding carboxylic acids is 1.